The van der Waals surface area contributed by atoms with Crippen LogP contribution >= 0.6 is 0 Å². The van der Waals surface area contributed by atoms with Crippen molar-refractivity contribution in [3.63, 3.8) is 0 Å². The molecule has 0 aliphatic heterocycles. The summed E-state index contributed by atoms with van der Waals surface area (Å²) in [5.74, 6) is -0.0522. The Labute approximate surface area is 303 Å². The first-order valence-corrected chi connectivity index (χ1v) is 18.0. The van der Waals surface area contributed by atoms with Gasteiger partial charge in [0.05, 0.1) is 24.2 Å². The summed E-state index contributed by atoms with van der Waals surface area (Å²) < 4.78 is 19.4. The molecule has 0 bridgehead atoms. The van der Waals surface area contributed by atoms with Crippen LogP contribution in [0.3, 0.4) is 0 Å². The third kappa shape index (κ3) is 7.04. The third-order valence-corrected chi connectivity index (χ3v) is 10.9. The molecule has 2 aromatic heterocycles. The minimum Gasteiger partial charge on any atom is -0.496 e. The molecule has 5 aromatic rings. The molecule has 2 N–H and O–H groups in total. The van der Waals surface area contributed by atoms with E-state index < -0.39 is 11.3 Å². The van der Waals surface area contributed by atoms with Gasteiger partial charge in [-0.3, -0.25) is 14.4 Å². The Kier molecular flexibility index (Phi) is 9.61. The van der Waals surface area contributed by atoms with E-state index in [1.54, 1.807) is 30.6 Å². The lowest BCUT2D eigenvalue weighted by atomic mass is 9.70. The highest BCUT2D eigenvalue weighted by Gasteiger charge is 2.40. The van der Waals surface area contributed by atoms with Gasteiger partial charge in [0.1, 0.15) is 23.7 Å². The quantitative estimate of drug-likeness (QED) is 0.136. The number of rotatable bonds is 11. The van der Waals surface area contributed by atoms with E-state index in [0.717, 1.165) is 41.2 Å². The Morgan fingerprint density at radius 2 is 1.71 bits per heavy atom. The van der Waals surface area contributed by atoms with E-state index in [0.29, 0.717) is 49.4 Å². The van der Waals surface area contributed by atoms with Crippen molar-refractivity contribution in [2.75, 3.05) is 19.0 Å². The molecule has 0 atom stereocenters. The summed E-state index contributed by atoms with van der Waals surface area (Å²) in [6.07, 6.45) is 8.90. The van der Waals surface area contributed by atoms with Crippen LogP contribution < -0.4 is 20.1 Å². The Balaban J connectivity index is 1.02. The van der Waals surface area contributed by atoms with E-state index in [4.69, 9.17) is 14.2 Å². The monoisotopic (exact) mass is 703 g/mol. The lowest BCUT2D eigenvalue weighted by molar-refractivity contribution is -0.159. The third-order valence-electron chi connectivity index (χ3n) is 10.9. The highest BCUT2D eigenvalue weighted by molar-refractivity contribution is 6.12. The second-order valence-electron chi connectivity index (χ2n) is 14.8. The number of nitrogens with one attached hydrogen (secondary N) is 2. The number of fused-ring (bicyclic) bond motifs is 2. The number of aromatic nitrogens is 3. The molecule has 11 nitrogen and oxygen atoms in total. The Bertz CT molecular complexity index is 2140. The number of hydrogen-bond acceptors (Lipinski definition) is 8. The molecule has 52 heavy (non-hydrogen) atoms. The molecule has 270 valence electrons. The largest absolute Gasteiger partial charge is 0.496 e. The number of aryl methyl sites for hydroxylation is 1. The van der Waals surface area contributed by atoms with E-state index in [2.05, 4.69) is 39.8 Å². The fourth-order valence-electron chi connectivity index (χ4n) is 7.30. The number of amides is 2. The molecular formula is C41H45N5O6. The molecule has 0 radical (unpaired) electrons. The number of carbonyl (C=O) groups is 3. The molecule has 11 heteroatoms. The highest BCUT2D eigenvalue weighted by atomic mass is 16.5. The van der Waals surface area contributed by atoms with Crippen LogP contribution in [0.25, 0.3) is 16.4 Å². The zero-order valence-electron chi connectivity index (χ0n) is 30.2. The number of esters is 1. The number of carbonyl (C=O) groups excluding carboxylic acids is 3. The van der Waals surface area contributed by atoms with Gasteiger partial charge in [0.2, 0.25) is 0 Å². The minimum atomic E-state index is -0.618. The molecule has 7 rings (SSSR count). The first-order chi connectivity index (χ1) is 25.1. The van der Waals surface area contributed by atoms with Crippen LogP contribution in [-0.4, -0.2) is 52.1 Å². The number of methoxy groups -OCH3 is 1. The molecule has 0 unspecified atom stereocenters. The van der Waals surface area contributed by atoms with Crippen molar-refractivity contribution in [1.29, 1.82) is 0 Å². The fourth-order valence-corrected chi connectivity index (χ4v) is 7.30. The number of nitrogens with zero attached hydrogens (tertiary/aromatic N) is 3. The number of hydrogen-bond donors (Lipinski definition) is 2. The maximum atomic E-state index is 13.9. The molecule has 2 heterocycles. The summed E-state index contributed by atoms with van der Waals surface area (Å²) in [7, 11) is 1.50. The summed E-state index contributed by atoms with van der Waals surface area (Å²) in [4.78, 5) is 45.1. The van der Waals surface area contributed by atoms with Crippen LogP contribution in [0.4, 0.5) is 5.82 Å². The summed E-state index contributed by atoms with van der Waals surface area (Å²) in [5.41, 5.74) is 2.01. The van der Waals surface area contributed by atoms with E-state index in [9.17, 15) is 14.4 Å². The maximum Gasteiger partial charge on any atom is 0.312 e. The lowest BCUT2D eigenvalue weighted by Gasteiger charge is -2.38. The Morgan fingerprint density at radius 3 is 2.46 bits per heavy atom. The van der Waals surface area contributed by atoms with Crippen molar-refractivity contribution >= 4 is 40.0 Å². The van der Waals surface area contributed by atoms with Crippen LogP contribution in [0.2, 0.25) is 0 Å². The van der Waals surface area contributed by atoms with E-state index >= 15 is 0 Å². The van der Waals surface area contributed by atoms with Crippen molar-refractivity contribution < 1.29 is 28.6 Å². The van der Waals surface area contributed by atoms with Gasteiger partial charge < -0.3 is 24.8 Å². The molecule has 2 saturated carbocycles. The Hall–Kier alpha value is -5.45. The number of anilines is 1. The summed E-state index contributed by atoms with van der Waals surface area (Å²) in [6, 6.07) is 19.3. The maximum absolute atomic E-state index is 13.9. The molecule has 2 aliphatic carbocycles. The predicted octanol–water partition coefficient (Wildman–Crippen LogP) is 7.44. The molecule has 0 saturated heterocycles. The fraction of sp³-hybridized carbons (Fsp3) is 0.390. The van der Waals surface area contributed by atoms with E-state index in [-0.39, 0.29) is 46.9 Å². The van der Waals surface area contributed by atoms with Gasteiger partial charge in [-0.2, -0.15) is 0 Å². The van der Waals surface area contributed by atoms with Gasteiger partial charge in [-0.1, -0.05) is 55.8 Å². The van der Waals surface area contributed by atoms with Gasteiger partial charge in [0.15, 0.2) is 11.5 Å². The van der Waals surface area contributed by atoms with E-state index in [1.807, 2.05) is 44.2 Å². The molecule has 0 spiro atoms. The van der Waals surface area contributed by atoms with Crippen molar-refractivity contribution in [3.8, 4) is 11.5 Å². The lowest BCUT2D eigenvalue weighted by Crippen LogP contribution is -2.40. The minimum absolute atomic E-state index is 0.0689. The van der Waals surface area contributed by atoms with E-state index in [1.165, 1.54) is 11.6 Å². The number of benzene rings is 3. The molecule has 2 fully saturated rings. The average Bonchev–Trinajstić information content (AvgIpc) is 3.51. The zero-order valence-corrected chi connectivity index (χ0v) is 30.2. The Morgan fingerprint density at radius 1 is 0.942 bits per heavy atom. The summed E-state index contributed by atoms with van der Waals surface area (Å²) >= 11 is 0. The first-order valence-electron chi connectivity index (χ1n) is 18.0. The highest BCUT2D eigenvalue weighted by Crippen LogP contribution is 2.41. The second kappa shape index (κ2) is 14.3. The van der Waals surface area contributed by atoms with Crippen LogP contribution in [0.15, 0.2) is 73.1 Å². The smallest absolute Gasteiger partial charge is 0.312 e. The van der Waals surface area contributed by atoms with Gasteiger partial charge in [0.25, 0.3) is 11.8 Å². The van der Waals surface area contributed by atoms with Gasteiger partial charge in [-0.05, 0) is 97.9 Å². The molecule has 2 amide bonds. The van der Waals surface area contributed by atoms with Gasteiger partial charge in [-0.25, -0.2) is 9.50 Å². The topological polar surface area (TPSA) is 133 Å². The van der Waals surface area contributed by atoms with Crippen molar-refractivity contribution in [2.24, 2.45) is 10.8 Å². The SMILES string of the molecule is COc1cc(C)c(OC2CCC(C)(C(=O)OCc3cccc4ccccc34)CC2)cc1C(=O)Nc1nn2cccnc2c1C(=O)NCC1(C)CCC1. The van der Waals surface area contributed by atoms with Gasteiger partial charge in [-0.15, -0.1) is 5.10 Å². The summed E-state index contributed by atoms with van der Waals surface area (Å²) in [5, 5.41) is 12.6. The molecular weight excluding hydrogens is 658 g/mol. The van der Waals surface area contributed by atoms with Crippen molar-refractivity contribution in [2.45, 2.75) is 78.4 Å². The predicted molar refractivity (Wildman–Crippen MR) is 198 cm³/mol. The number of ether oxygens (including phenoxy) is 3. The van der Waals surface area contributed by atoms with Crippen molar-refractivity contribution in [1.82, 2.24) is 19.9 Å². The second-order valence-corrected chi connectivity index (χ2v) is 14.8. The summed E-state index contributed by atoms with van der Waals surface area (Å²) in [6.45, 7) is 6.78. The average molecular weight is 704 g/mol. The van der Waals surface area contributed by atoms with Crippen molar-refractivity contribution in [3.05, 3.63) is 95.3 Å². The van der Waals surface area contributed by atoms with Gasteiger partial charge in [0, 0.05) is 18.9 Å². The van der Waals surface area contributed by atoms with Crippen LogP contribution in [-0.2, 0) is 16.1 Å². The zero-order chi connectivity index (χ0) is 36.5. The van der Waals surface area contributed by atoms with Crippen LogP contribution in [0.1, 0.15) is 90.6 Å². The first kappa shape index (κ1) is 35.0. The van der Waals surface area contributed by atoms with Crippen LogP contribution in [0.5, 0.6) is 11.5 Å². The standard InChI is InChI=1S/C41H45N5O6/c1-26-22-33(50-4)31(37(47)44-35-34(36-42-20-9-21-46(36)45-35)38(48)43-25-40(2)16-8-17-40)23-32(26)52-29-14-18-41(3,19-15-29)39(49)51-24-28-12-7-11-27-10-5-6-13-30(27)28/h5-7,9-13,20-23,29H,8,14-19,24-25H2,1-4H3,(H,43,48)(H,44,45,47). The molecule has 2 aliphatic rings. The normalized spacial score (nSPS) is 19.4. The molecule has 3 aromatic carbocycles. The van der Waals surface area contributed by atoms with Crippen LogP contribution in [0, 0.1) is 17.8 Å². The van der Waals surface area contributed by atoms with Gasteiger partial charge >= 0.3 is 5.97 Å².